The minimum Gasteiger partial charge on any atom is -0.324 e. The van der Waals surface area contributed by atoms with Crippen LogP contribution < -0.4 is 0 Å². The molecule has 0 saturated heterocycles. The number of amides is 2. The summed E-state index contributed by atoms with van der Waals surface area (Å²) in [5.41, 5.74) is -0.467. The van der Waals surface area contributed by atoms with Crippen LogP contribution in [0.2, 0.25) is 0 Å². The van der Waals surface area contributed by atoms with Gasteiger partial charge < -0.3 is 4.84 Å². The first kappa shape index (κ1) is 17.5. The minimum absolute atomic E-state index is 0.0999. The zero-order valence-electron chi connectivity index (χ0n) is 14.3. The molecule has 7 nitrogen and oxygen atoms in total. The van der Waals surface area contributed by atoms with Crippen LogP contribution in [0.1, 0.15) is 31.1 Å². The first-order chi connectivity index (χ1) is 13.4. The fourth-order valence-corrected chi connectivity index (χ4v) is 2.90. The van der Waals surface area contributed by atoms with Gasteiger partial charge in [-0.1, -0.05) is 17.2 Å². The second-order valence-electron chi connectivity index (χ2n) is 6.02. The van der Waals surface area contributed by atoms with Crippen molar-refractivity contribution in [3.8, 4) is 11.3 Å². The predicted molar refractivity (Wildman–Crippen MR) is 90.9 cm³/mol. The number of fused-ring (bicyclic) bond motifs is 1. The van der Waals surface area contributed by atoms with Crippen molar-refractivity contribution in [1.29, 1.82) is 0 Å². The lowest BCUT2D eigenvalue weighted by Gasteiger charge is -2.12. The third-order valence-electron chi connectivity index (χ3n) is 4.16. The Bertz CT molecular complexity index is 1120. The number of aryl methyl sites for hydroxylation is 1. The van der Waals surface area contributed by atoms with E-state index in [2.05, 4.69) is 5.10 Å². The molecule has 1 aliphatic rings. The van der Waals surface area contributed by atoms with Crippen LogP contribution in [0, 0.1) is 11.6 Å². The molecule has 0 bridgehead atoms. The number of benzene rings is 2. The summed E-state index contributed by atoms with van der Waals surface area (Å²) >= 11 is 0. The van der Waals surface area contributed by atoms with Crippen molar-refractivity contribution in [2.75, 3.05) is 0 Å². The lowest BCUT2D eigenvalue weighted by molar-refractivity contribution is -0.0584. The average Bonchev–Trinajstić information content (AvgIpc) is 3.18. The van der Waals surface area contributed by atoms with Crippen LogP contribution in [-0.4, -0.2) is 32.6 Å². The Labute approximate surface area is 156 Å². The molecule has 1 aromatic heterocycles. The molecule has 0 unspecified atom stereocenters. The van der Waals surface area contributed by atoms with Gasteiger partial charge in [-0.05, 0) is 30.3 Å². The standard InChI is InChI=1S/C19H11F2N3O4/c1-23-9-14(16(22-23)13-8-10(20)6-7-15(13)21)19(27)28-24-17(25)11-4-2-3-5-12(11)18(24)26/h2-9H,1H3. The molecule has 0 aliphatic carbocycles. The zero-order valence-corrected chi connectivity index (χ0v) is 14.3. The fourth-order valence-electron chi connectivity index (χ4n) is 2.90. The van der Waals surface area contributed by atoms with Gasteiger partial charge in [0.15, 0.2) is 0 Å². The number of rotatable bonds is 3. The third-order valence-corrected chi connectivity index (χ3v) is 4.16. The highest BCUT2D eigenvalue weighted by molar-refractivity contribution is 6.21. The van der Waals surface area contributed by atoms with Crippen molar-refractivity contribution in [2.24, 2.45) is 7.05 Å². The zero-order chi connectivity index (χ0) is 20.0. The molecule has 1 aliphatic heterocycles. The maximum Gasteiger partial charge on any atom is 0.367 e. The van der Waals surface area contributed by atoms with Crippen LogP contribution in [-0.2, 0) is 11.9 Å². The van der Waals surface area contributed by atoms with Gasteiger partial charge in [0.05, 0.1) is 11.1 Å². The quantitative estimate of drug-likeness (QED) is 0.650. The topological polar surface area (TPSA) is 81.5 Å². The Kier molecular flexibility index (Phi) is 3.99. The summed E-state index contributed by atoms with van der Waals surface area (Å²) in [5.74, 6) is -4.22. The molecule has 0 spiro atoms. The summed E-state index contributed by atoms with van der Waals surface area (Å²) in [5, 5.41) is 4.32. The Morgan fingerprint density at radius 3 is 2.29 bits per heavy atom. The number of hydroxylamine groups is 2. The molecule has 0 atom stereocenters. The van der Waals surface area contributed by atoms with E-state index in [-0.39, 0.29) is 27.9 Å². The molecule has 2 aromatic carbocycles. The molecule has 4 rings (SSSR count). The molecule has 28 heavy (non-hydrogen) atoms. The van der Waals surface area contributed by atoms with Gasteiger partial charge in [-0.2, -0.15) is 5.10 Å². The Balaban J connectivity index is 1.68. The minimum atomic E-state index is -1.11. The Morgan fingerprint density at radius 1 is 1.00 bits per heavy atom. The lowest BCUT2D eigenvalue weighted by atomic mass is 10.1. The number of carbonyl (C=O) groups excluding carboxylic acids is 3. The van der Waals surface area contributed by atoms with Crippen LogP contribution in [0.4, 0.5) is 8.78 Å². The van der Waals surface area contributed by atoms with Gasteiger partial charge in [0.2, 0.25) is 0 Å². The number of aromatic nitrogens is 2. The molecule has 0 radical (unpaired) electrons. The van der Waals surface area contributed by atoms with Crippen LogP contribution >= 0.6 is 0 Å². The first-order valence-corrected chi connectivity index (χ1v) is 8.06. The lowest BCUT2D eigenvalue weighted by Crippen LogP contribution is -2.32. The average molecular weight is 383 g/mol. The molecular weight excluding hydrogens is 372 g/mol. The van der Waals surface area contributed by atoms with Gasteiger partial charge in [0.25, 0.3) is 11.8 Å². The fraction of sp³-hybridized carbons (Fsp3) is 0.0526. The molecule has 9 heteroatoms. The number of carbonyl (C=O) groups is 3. The highest BCUT2D eigenvalue weighted by Gasteiger charge is 2.39. The van der Waals surface area contributed by atoms with E-state index in [0.717, 1.165) is 18.2 Å². The molecular formula is C19H11F2N3O4. The molecule has 2 amide bonds. The van der Waals surface area contributed by atoms with Gasteiger partial charge in [-0.25, -0.2) is 13.6 Å². The van der Waals surface area contributed by atoms with E-state index < -0.39 is 29.4 Å². The van der Waals surface area contributed by atoms with Crippen molar-refractivity contribution >= 4 is 17.8 Å². The van der Waals surface area contributed by atoms with E-state index in [4.69, 9.17) is 4.84 Å². The molecule has 2 heterocycles. The maximum atomic E-state index is 14.1. The molecule has 140 valence electrons. The molecule has 0 N–H and O–H groups in total. The van der Waals surface area contributed by atoms with Crippen molar-refractivity contribution < 1.29 is 28.0 Å². The van der Waals surface area contributed by atoms with Crippen LogP contribution in [0.15, 0.2) is 48.7 Å². The number of hydrogen-bond acceptors (Lipinski definition) is 5. The van der Waals surface area contributed by atoms with Crippen LogP contribution in [0.5, 0.6) is 0 Å². The summed E-state index contributed by atoms with van der Waals surface area (Å²) in [6.45, 7) is 0. The van der Waals surface area contributed by atoms with Crippen molar-refractivity contribution in [3.63, 3.8) is 0 Å². The maximum absolute atomic E-state index is 14.1. The normalized spacial score (nSPS) is 13.0. The molecule has 0 fully saturated rings. The van der Waals surface area contributed by atoms with Gasteiger partial charge in [-0.15, -0.1) is 0 Å². The summed E-state index contributed by atoms with van der Waals surface area (Å²) in [6.07, 6.45) is 1.22. The smallest absolute Gasteiger partial charge is 0.324 e. The summed E-state index contributed by atoms with van der Waals surface area (Å²) < 4.78 is 28.9. The SMILES string of the molecule is Cn1cc(C(=O)ON2C(=O)c3ccccc3C2=O)c(-c2cc(F)ccc2F)n1. The van der Waals surface area contributed by atoms with Crippen molar-refractivity contribution in [3.05, 3.63) is 77.0 Å². The van der Waals surface area contributed by atoms with E-state index in [1.807, 2.05) is 0 Å². The predicted octanol–water partition coefficient (Wildman–Crippen LogP) is 2.73. The number of halogens is 2. The van der Waals surface area contributed by atoms with Gasteiger partial charge in [0.1, 0.15) is 22.9 Å². The number of imide groups is 1. The number of nitrogens with zero attached hydrogens (tertiary/aromatic N) is 3. The van der Waals surface area contributed by atoms with E-state index in [9.17, 15) is 23.2 Å². The van der Waals surface area contributed by atoms with Gasteiger partial charge in [0, 0.05) is 18.8 Å². The first-order valence-electron chi connectivity index (χ1n) is 8.06. The monoisotopic (exact) mass is 383 g/mol. The van der Waals surface area contributed by atoms with E-state index in [0.29, 0.717) is 5.06 Å². The van der Waals surface area contributed by atoms with Crippen LogP contribution in [0.25, 0.3) is 11.3 Å². The summed E-state index contributed by atoms with van der Waals surface area (Å²) in [4.78, 5) is 42.2. The second kappa shape index (κ2) is 6.38. The second-order valence-corrected chi connectivity index (χ2v) is 6.02. The highest BCUT2D eigenvalue weighted by Crippen LogP contribution is 2.28. The molecule has 0 saturated carbocycles. The summed E-state index contributed by atoms with van der Waals surface area (Å²) in [7, 11) is 1.47. The Hall–Kier alpha value is -3.88. The van der Waals surface area contributed by atoms with E-state index in [1.165, 1.54) is 30.1 Å². The van der Waals surface area contributed by atoms with E-state index in [1.54, 1.807) is 12.1 Å². The third kappa shape index (κ3) is 2.73. The van der Waals surface area contributed by atoms with Crippen molar-refractivity contribution in [1.82, 2.24) is 14.8 Å². The summed E-state index contributed by atoms with van der Waals surface area (Å²) in [6, 6.07) is 8.72. The van der Waals surface area contributed by atoms with E-state index >= 15 is 0 Å². The largest absolute Gasteiger partial charge is 0.367 e. The van der Waals surface area contributed by atoms with Gasteiger partial charge in [-0.3, -0.25) is 14.3 Å². The van der Waals surface area contributed by atoms with Crippen LogP contribution in [0.3, 0.4) is 0 Å². The molecule has 3 aromatic rings. The van der Waals surface area contributed by atoms with Gasteiger partial charge >= 0.3 is 5.97 Å². The number of hydrogen-bond donors (Lipinski definition) is 0. The Morgan fingerprint density at radius 2 is 1.64 bits per heavy atom. The van der Waals surface area contributed by atoms with Crippen molar-refractivity contribution in [2.45, 2.75) is 0 Å². The highest BCUT2D eigenvalue weighted by atomic mass is 19.1.